The minimum Gasteiger partial charge on any atom is -0.463 e. The third-order valence-electron chi connectivity index (χ3n) is 4.41. The van der Waals surface area contributed by atoms with E-state index in [9.17, 15) is 4.79 Å². The molecule has 0 bridgehead atoms. The highest BCUT2D eigenvalue weighted by molar-refractivity contribution is 5.77. The van der Waals surface area contributed by atoms with E-state index in [-0.39, 0.29) is 18.6 Å². The smallest absolute Gasteiger partial charge is 0.246 e. The first-order chi connectivity index (χ1) is 11.3. The Bertz CT molecular complexity index is 639. The first-order valence-electron chi connectivity index (χ1n) is 7.98. The van der Waals surface area contributed by atoms with Crippen LogP contribution in [0, 0.1) is 0 Å². The maximum atomic E-state index is 11.7. The summed E-state index contributed by atoms with van der Waals surface area (Å²) in [7, 11) is 1.52. The van der Waals surface area contributed by atoms with Gasteiger partial charge in [0.2, 0.25) is 5.91 Å². The standard InChI is InChI=1S/C18H22N2O3/c1-22-13-18(21)19-11-16(17-7-4-10-23-17)20-9-8-14-5-2-3-6-15(14)12-20/h2-7,10,16H,8-9,11-13H2,1H3,(H,19,21)/p+1/t16-/m0/s1. The number of rotatable bonds is 6. The van der Waals surface area contributed by atoms with Crippen LogP contribution < -0.4 is 10.2 Å². The fourth-order valence-corrected chi connectivity index (χ4v) is 3.23. The molecular formula is C18H23N2O3+. The van der Waals surface area contributed by atoms with Crippen LogP contribution in [-0.2, 0) is 22.5 Å². The van der Waals surface area contributed by atoms with Gasteiger partial charge in [-0.15, -0.1) is 0 Å². The number of amides is 1. The molecule has 0 aliphatic carbocycles. The molecule has 0 saturated heterocycles. The van der Waals surface area contributed by atoms with E-state index in [2.05, 4.69) is 29.6 Å². The van der Waals surface area contributed by atoms with Crippen molar-refractivity contribution in [3.63, 3.8) is 0 Å². The molecule has 2 atom stereocenters. The number of quaternary nitrogens is 1. The molecule has 2 N–H and O–H groups in total. The molecule has 1 aliphatic heterocycles. The molecule has 23 heavy (non-hydrogen) atoms. The van der Waals surface area contributed by atoms with Crippen molar-refractivity contribution in [2.24, 2.45) is 0 Å². The number of ether oxygens (including phenoxy) is 1. The molecule has 0 radical (unpaired) electrons. The molecule has 3 rings (SSSR count). The molecule has 1 unspecified atom stereocenters. The summed E-state index contributed by atoms with van der Waals surface area (Å²) >= 11 is 0. The Morgan fingerprint density at radius 1 is 1.30 bits per heavy atom. The highest BCUT2D eigenvalue weighted by Gasteiger charge is 2.30. The third-order valence-corrected chi connectivity index (χ3v) is 4.41. The van der Waals surface area contributed by atoms with Crippen molar-refractivity contribution in [2.75, 3.05) is 26.8 Å². The van der Waals surface area contributed by atoms with Crippen molar-refractivity contribution < 1.29 is 18.8 Å². The molecule has 122 valence electrons. The van der Waals surface area contributed by atoms with E-state index < -0.39 is 0 Å². The Hall–Kier alpha value is -2.11. The van der Waals surface area contributed by atoms with Crippen molar-refractivity contribution >= 4 is 5.91 Å². The number of nitrogens with one attached hydrogen (secondary N) is 2. The van der Waals surface area contributed by atoms with Gasteiger partial charge in [0.1, 0.15) is 13.2 Å². The quantitative estimate of drug-likeness (QED) is 0.826. The fourth-order valence-electron chi connectivity index (χ4n) is 3.23. The van der Waals surface area contributed by atoms with Crippen LogP contribution in [0.5, 0.6) is 0 Å². The summed E-state index contributed by atoms with van der Waals surface area (Å²) in [5.41, 5.74) is 2.81. The predicted molar refractivity (Wildman–Crippen MR) is 86.0 cm³/mol. The zero-order chi connectivity index (χ0) is 16.1. The van der Waals surface area contributed by atoms with E-state index in [1.807, 2.05) is 12.1 Å². The number of methoxy groups -OCH3 is 1. The van der Waals surface area contributed by atoms with Gasteiger partial charge in [-0.05, 0) is 17.7 Å². The second-order valence-electron chi connectivity index (χ2n) is 5.91. The predicted octanol–water partition coefficient (Wildman–Crippen LogP) is 0.725. The maximum Gasteiger partial charge on any atom is 0.246 e. The van der Waals surface area contributed by atoms with Gasteiger partial charge in [0.05, 0.1) is 19.4 Å². The SMILES string of the molecule is COCC(=O)NC[C@@H](c1ccco1)[NH+]1CCc2ccccc2C1. The van der Waals surface area contributed by atoms with Gasteiger partial charge < -0.3 is 19.4 Å². The van der Waals surface area contributed by atoms with Gasteiger partial charge in [-0.2, -0.15) is 0 Å². The van der Waals surface area contributed by atoms with Gasteiger partial charge in [0, 0.05) is 19.1 Å². The van der Waals surface area contributed by atoms with Crippen molar-refractivity contribution in [3.8, 4) is 0 Å². The lowest BCUT2D eigenvalue weighted by molar-refractivity contribution is -0.946. The third kappa shape index (κ3) is 3.81. The van der Waals surface area contributed by atoms with Crippen LogP contribution >= 0.6 is 0 Å². The normalized spacial score (nSPS) is 18.2. The molecule has 1 aromatic carbocycles. The summed E-state index contributed by atoms with van der Waals surface area (Å²) in [5.74, 6) is 0.818. The monoisotopic (exact) mass is 315 g/mol. The van der Waals surface area contributed by atoms with E-state index in [0.717, 1.165) is 25.3 Å². The summed E-state index contributed by atoms with van der Waals surface area (Å²) in [6, 6.07) is 12.6. The van der Waals surface area contributed by atoms with E-state index in [0.29, 0.717) is 6.54 Å². The van der Waals surface area contributed by atoms with Crippen molar-refractivity contribution in [2.45, 2.75) is 19.0 Å². The number of carbonyl (C=O) groups excluding carboxylic acids is 1. The summed E-state index contributed by atoms with van der Waals surface area (Å²) in [6.07, 6.45) is 2.74. The number of hydrogen-bond donors (Lipinski definition) is 2. The first-order valence-corrected chi connectivity index (χ1v) is 7.98. The molecule has 1 aliphatic rings. The van der Waals surface area contributed by atoms with Gasteiger partial charge >= 0.3 is 0 Å². The number of fused-ring (bicyclic) bond motifs is 1. The summed E-state index contributed by atoms with van der Waals surface area (Å²) in [6.45, 7) is 2.61. The summed E-state index contributed by atoms with van der Waals surface area (Å²) in [5, 5.41) is 2.95. The van der Waals surface area contributed by atoms with Crippen molar-refractivity contribution in [1.29, 1.82) is 0 Å². The molecule has 0 saturated carbocycles. The van der Waals surface area contributed by atoms with Gasteiger partial charge in [0.25, 0.3) is 0 Å². The molecule has 1 amide bonds. The second-order valence-corrected chi connectivity index (χ2v) is 5.91. The minimum absolute atomic E-state index is 0.0864. The maximum absolute atomic E-state index is 11.7. The Morgan fingerprint density at radius 3 is 2.87 bits per heavy atom. The molecule has 2 aromatic rings. The average molecular weight is 315 g/mol. The average Bonchev–Trinajstić information content (AvgIpc) is 3.09. The number of hydrogen-bond acceptors (Lipinski definition) is 3. The molecule has 0 fully saturated rings. The molecule has 1 aromatic heterocycles. The molecule has 5 nitrogen and oxygen atoms in total. The molecular weight excluding hydrogens is 292 g/mol. The molecule has 5 heteroatoms. The summed E-state index contributed by atoms with van der Waals surface area (Å²) < 4.78 is 10.5. The number of furan rings is 1. The lowest BCUT2D eigenvalue weighted by atomic mass is 9.98. The Kier molecular flexibility index (Phi) is 5.10. The highest BCUT2D eigenvalue weighted by atomic mass is 16.5. The molecule has 0 spiro atoms. The largest absolute Gasteiger partial charge is 0.463 e. The van der Waals surface area contributed by atoms with Crippen LogP contribution in [0.2, 0.25) is 0 Å². The van der Waals surface area contributed by atoms with Crippen LogP contribution in [0.1, 0.15) is 22.9 Å². The lowest BCUT2D eigenvalue weighted by Gasteiger charge is -2.31. The number of carbonyl (C=O) groups is 1. The van der Waals surface area contributed by atoms with Gasteiger partial charge in [-0.3, -0.25) is 4.79 Å². The van der Waals surface area contributed by atoms with Gasteiger partial charge in [-0.1, -0.05) is 24.3 Å². The van der Waals surface area contributed by atoms with Crippen LogP contribution in [0.4, 0.5) is 0 Å². The second kappa shape index (κ2) is 7.44. The van der Waals surface area contributed by atoms with Gasteiger partial charge in [0.15, 0.2) is 11.8 Å². The van der Waals surface area contributed by atoms with E-state index >= 15 is 0 Å². The highest BCUT2D eigenvalue weighted by Crippen LogP contribution is 2.15. The Balaban J connectivity index is 1.73. The molecule has 2 heterocycles. The topological polar surface area (TPSA) is 55.9 Å². The van der Waals surface area contributed by atoms with Crippen LogP contribution in [-0.4, -0.2) is 32.7 Å². The first kappa shape index (κ1) is 15.8. The van der Waals surface area contributed by atoms with Crippen LogP contribution in [0.3, 0.4) is 0 Å². The minimum atomic E-state index is -0.0964. The van der Waals surface area contributed by atoms with Crippen molar-refractivity contribution in [1.82, 2.24) is 5.32 Å². The van der Waals surface area contributed by atoms with Crippen LogP contribution in [0.25, 0.3) is 0 Å². The fraction of sp³-hybridized carbons (Fsp3) is 0.389. The van der Waals surface area contributed by atoms with Gasteiger partial charge in [-0.25, -0.2) is 0 Å². The van der Waals surface area contributed by atoms with Crippen LogP contribution in [0.15, 0.2) is 47.1 Å². The zero-order valence-electron chi connectivity index (χ0n) is 13.4. The Labute approximate surface area is 136 Å². The number of benzene rings is 1. The van der Waals surface area contributed by atoms with E-state index in [1.165, 1.54) is 23.1 Å². The summed E-state index contributed by atoms with van der Waals surface area (Å²) in [4.78, 5) is 13.1. The zero-order valence-corrected chi connectivity index (χ0v) is 13.4. The Morgan fingerprint density at radius 2 is 2.13 bits per heavy atom. The van der Waals surface area contributed by atoms with E-state index in [4.69, 9.17) is 9.15 Å². The van der Waals surface area contributed by atoms with Crippen molar-refractivity contribution in [3.05, 3.63) is 59.5 Å². The lowest BCUT2D eigenvalue weighted by Crippen LogP contribution is -3.12. The van der Waals surface area contributed by atoms with E-state index in [1.54, 1.807) is 6.26 Å².